The summed E-state index contributed by atoms with van der Waals surface area (Å²) < 4.78 is 1.91. The summed E-state index contributed by atoms with van der Waals surface area (Å²) in [6.45, 7) is 6.19. The minimum Gasteiger partial charge on any atom is -0.156 e. The van der Waals surface area contributed by atoms with Crippen LogP contribution < -0.4 is 0 Å². The minimum atomic E-state index is -1.88. The van der Waals surface area contributed by atoms with Crippen LogP contribution in [0.15, 0.2) is 72.8 Å². The maximum Gasteiger partial charge on any atom is -0.0809 e. The van der Waals surface area contributed by atoms with Gasteiger partial charge < -0.3 is 0 Å². The predicted octanol–water partition coefficient (Wildman–Crippen LogP) is 7.47. The molecule has 25 heavy (non-hydrogen) atoms. The fourth-order valence-electron chi connectivity index (χ4n) is 2.61. The summed E-state index contributed by atoms with van der Waals surface area (Å²) in [5, 5.41) is 5.45. The quantitative estimate of drug-likeness (QED) is 0.162. The summed E-state index contributed by atoms with van der Waals surface area (Å²) in [5.74, 6) is 0. The van der Waals surface area contributed by atoms with Crippen molar-refractivity contribution in [2.75, 3.05) is 0 Å². The van der Waals surface area contributed by atoms with E-state index in [0.717, 1.165) is 0 Å². The molecule has 130 valence electrons. The van der Waals surface area contributed by atoms with Gasteiger partial charge in [-0.2, -0.15) is 23.3 Å². The van der Waals surface area contributed by atoms with Gasteiger partial charge in [0.05, 0.1) is 0 Å². The number of aryl methyl sites for hydroxylation is 2. The first-order chi connectivity index (χ1) is 12.0. The van der Waals surface area contributed by atoms with E-state index in [1.54, 1.807) is 0 Å². The van der Waals surface area contributed by atoms with Crippen LogP contribution >= 0.6 is 17.2 Å². The number of halogens is 2. The van der Waals surface area contributed by atoms with Gasteiger partial charge in [0.1, 0.15) is 0 Å². The Kier molecular flexibility index (Phi) is 8.29. The fourth-order valence-corrected chi connectivity index (χ4v) is 2.61. The molecule has 0 N–H and O–H groups in total. The van der Waals surface area contributed by atoms with Crippen molar-refractivity contribution in [3.05, 3.63) is 83.9 Å². The Bertz CT molecular complexity index is 884. The van der Waals surface area contributed by atoms with Crippen LogP contribution in [0.4, 0.5) is 0 Å². The average Bonchev–Trinajstić information content (AvgIpc) is 3.20. The first kappa shape index (κ1) is 20.3. The summed E-state index contributed by atoms with van der Waals surface area (Å²) in [6.07, 6.45) is 0. The normalized spacial score (nSPS) is 9.80. The molecule has 4 aromatic carbocycles. The summed E-state index contributed by atoms with van der Waals surface area (Å²) in [5.41, 5.74) is 2.74. The second-order valence-electron chi connectivity index (χ2n) is 5.79. The SMILES string of the molecule is C[CH]=[Hf]([Cl])[Cl].Cc1c[cH-]c2ccccc12.Cc1c[cH-]c2ccccc12. The van der Waals surface area contributed by atoms with Crippen LogP contribution in [0.1, 0.15) is 18.1 Å². The molecule has 0 heterocycles. The van der Waals surface area contributed by atoms with Crippen molar-refractivity contribution in [1.29, 1.82) is 0 Å². The second-order valence-corrected chi connectivity index (χ2v) is 18.2. The van der Waals surface area contributed by atoms with E-state index in [1.807, 2.05) is 10.7 Å². The van der Waals surface area contributed by atoms with E-state index in [1.165, 1.54) is 32.7 Å². The smallest absolute Gasteiger partial charge is 0.0809 e. The fraction of sp³-hybridized carbons (Fsp3) is 0.136. The first-order valence-corrected chi connectivity index (χ1v) is 19.2. The van der Waals surface area contributed by atoms with Gasteiger partial charge in [-0.05, 0) is 0 Å². The second kappa shape index (κ2) is 10.2. The van der Waals surface area contributed by atoms with Crippen LogP contribution in [0, 0.1) is 13.8 Å². The molecule has 0 atom stereocenters. The largest absolute Gasteiger partial charge is 0.156 e. The van der Waals surface area contributed by atoms with Crippen molar-refractivity contribution in [3.8, 4) is 0 Å². The molecule has 0 saturated heterocycles. The number of benzene rings is 2. The third-order valence-corrected chi connectivity index (χ3v) is 9.16. The Balaban J connectivity index is 0.000000144. The van der Waals surface area contributed by atoms with E-state index in [0.29, 0.717) is 0 Å². The zero-order valence-corrected chi connectivity index (χ0v) is 19.9. The molecular formula is C22H22Cl2Hf-2. The molecular weight excluding hydrogens is 514 g/mol. The van der Waals surface area contributed by atoms with Crippen molar-refractivity contribution >= 4 is 42.5 Å². The molecule has 0 aliphatic carbocycles. The molecule has 0 bridgehead atoms. The molecule has 0 radical (unpaired) electrons. The minimum absolute atomic E-state index is 1.35. The molecule has 4 aromatic rings. The van der Waals surface area contributed by atoms with E-state index in [4.69, 9.17) is 17.2 Å². The van der Waals surface area contributed by atoms with Crippen molar-refractivity contribution in [2.24, 2.45) is 0 Å². The van der Waals surface area contributed by atoms with Crippen LogP contribution in [0.3, 0.4) is 0 Å². The van der Waals surface area contributed by atoms with Crippen LogP contribution in [0.5, 0.6) is 0 Å². The topological polar surface area (TPSA) is 0 Å². The molecule has 0 aromatic heterocycles. The van der Waals surface area contributed by atoms with Gasteiger partial charge in [-0.3, -0.25) is 0 Å². The molecule has 4 rings (SSSR count). The molecule has 0 aliphatic rings. The number of hydrogen-bond acceptors (Lipinski definition) is 0. The van der Waals surface area contributed by atoms with Gasteiger partial charge >= 0.3 is 46.4 Å². The van der Waals surface area contributed by atoms with Gasteiger partial charge in [0.15, 0.2) is 0 Å². The summed E-state index contributed by atoms with van der Waals surface area (Å²) >= 11 is -1.88. The van der Waals surface area contributed by atoms with E-state index < -0.39 is 18.6 Å². The molecule has 0 amide bonds. The molecule has 0 saturated carbocycles. The van der Waals surface area contributed by atoms with E-state index in [-0.39, 0.29) is 0 Å². The Labute approximate surface area is 164 Å². The van der Waals surface area contributed by atoms with E-state index in [2.05, 4.69) is 86.6 Å². The predicted molar refractivity (Wildman–Crippen MR) is 112 cm³/mol. The third-order valence-electron chi connectivity index (χ3n) is 4.02. The first-order valence-electron chi connectivity index (χ1n) is 8.22. The molecule has 0 spiro atoms. The zero-order valence-electron chi connectivity index (χ0n) is 14.8. The summed E-state index contributed by atoms with van der Waals surface area (Å²) in [4.78, 5) is 0. The van der Waals surface area contributed by atoms with Crippen molar-refractivity contribution in [1.82, 2.24) is 0 Å². The number of rotatable bonds is 0. The van der Waals surface area contributed by atoms with Crippen molar-refractivity contribution < 1.29 is 18.6 Å². The number of hydrogen-bond donors (Lipinski definition) is 0. The van der Waals surface area contributed by atoms with Gasteiger partial charge in [0.2, 0.25) is 0 Å². The Morgan fingerprint density at radius 3 is 1.44 bits per heavy atom. The van der Waals surface area contributed by atoms with Crippen LogP contribution in [0.2, 0.25) is 0 Å². The maximum absolute atomic E-state index is 5.39. The van der Waals surface area contributed by atoms with Crippen LogP contribution in [-0.2, 0) is 18.6 Å². The van der Waals surface area contributed by atoms with Gasteiger partial charge in [-0.1, -0.05) is 26.0 Å². The molecule has 0 aliphatic heterocycles. The molecule has 0 fully saturated rings. The van der Waals surface area contributed by atoms with Gasteiger partial charge in [0, 0.05) is 0 Å². The van der Waals surface area contributed by atoms with Crippen LogP contribution in [0.25, 0.3) is 21.5 Å². The zero-order chi connectivity index (χ0) is 18.2. The molecule has 0 nitrogen and oxygen atoms in total. The van der Waals surface area contributed by atoms with Crippen molar-refractivity contribution in [3.63, 3.8) is 0 Å². The average molecular weight is 536 g/mol. The van der Waals surface area contributed by atoms with Gasteiger partial charge in [-0.25, -0.2) is 0 Å². The Hall–Kier alpha value is -1.02. The Morgan fingerprint density at radius 1 is 0.760 bits per heavy atom. The summed E-state index contributed by atoms with van der Waals surface area (Å²) in [7, 11) is 10.8. The number of fused-ring (bicyclic) bond motifs is 2. The molecule has 0 unspecified atom stereocenters. The third kappa shape index (κ3) is 6.02. The van der Waals surface area contributed by atoms with Gasteiger partial charge in [0.25, 0.3) is 0 Å². The van der Waals surface area contributed by atoms with Gasteiger partial charge in [-0.15, -0.1) is 70.1 Å². The standard InChI is InChI=1S/2C10H9.C2H4.2ClH.Hf/c2*1-8-6-7-9-4-2-3-5-10(8)9;1-2;;;/h2*2-7H,1H3;1H,2H3;2*1H;/q2*-1;;;;+2/p-2. The summed E-state index contributed by atoms with van der Waals surface area (Å²) in [6, 6.07) is 25.5. The van der Waals surface area contributed by atoms with Crippen LogP contribution in [-0.4, -0.2) is 3.76 Å². The van der Waals surface area contributed by atoms with E-state index in [9.17, 15) is 0 Å². The Morgan fingerprint density at radius 2 is 1.12 bits per heavy atom. The maximum atomic E-state index is 5.39. The monoisotopic (exact) mass is 536 g/mol. The van der Waals surface area contributed by atoms with Crippen molar-refractivity contribution in [2.45, 2.75) is 20.8 Å². The van der Waals surface area contributed by atoms with E-state index >= 15 is 0 Å². The molecule has 3 heteroatoms.